The minimum atomic E-state index is -3.54. The highest BCUT2D eigenvalue weighted by molar-refractivity contribution is 7.92. The zero-order valence-electron chi connectivity index (χ0n) is 9.70. The van der Waals surface area contributed by atoms with E-state index in [9.17, 15) is 13.2 Å². The molecule has 0 aliphatic carbocycles. The van der Waals surface area contributed by atoms with Gasteiger partial charge in [0.1, 0.15) is 12.4 Å². The van der Waals surface area contributed by atoms with Crippen LogP contribution in [0.2, 0.25) is 0 Å². The van der Waals surface area contributed by atoms with Crippen molar-refractivity contribution in [2.24, 2.45) is 0 Å². The summed E-state index contributed by atoms with van der Waals surface area (Å²) in [6.45, 7) is 0.0491. The summed E-state index contributed by atoms with van der Waals surface area (Å²) < 4.78 is 27.6. The Morgan fingerprint density at radius 1 is 1.28 bits per heavy atom. The van der Waals surface area contributed by atoms with Crippen molar-refractivity contribution in [3.8, 4) is 6.07 Å². The van der Waals surface area contributed by atoms with Gasteiger partial charge in [-0.25, -0.2) is 8.42 Å². The minimum Gasteiger partial charge on any atom is -0.460 e. The lowest BCUT2D eigenvalue weighted by molar-refractivity contribution is -0.141. The first kappa shape index (κ1) is 14.2. The van der Waals surface area contributed by atoms with E-state index in [0.29, 0.717) is 0 Å². The van der Waals surface area contributed by atoms with Crippen LogP contribution in [0.25, 0.3) is 0 Å². The van der Waals surface area contributed by atoms with Crippen LogP contribution in [0.1, 0.15) is 12.0 Å². The van der Waals surface area contributed by atoms with Gasteiger partial charge in [-0.15, -0.1) is 0 Å². The SMILES string of the molecule is N#CCCS(=O)(=O)CC(=O)OCc1ccccc1. The molecule has 0 saturated heterocycles. The van der Waals surface area contributed by atoms with Gasteiger partial charge in [0.25, 0.3) is 0 Å². The van der Waals surface area contributed by atoms with Gasteiger partial charge in [-0.05, 0) is 5.56 Å². The van der Waals surface area contributed by atoms with E-state index >= 15 is 0 Å². The number of carbonyl (C=O) groups excluding carboxylic acids is 1. The third-order valence-electron chi connectivity index (χ3n) is 2.11. The van der Waals surface area contributed by atoms with Crippen LogP contribution in [-0.2, 0) is 26.0 Å². The Balaban J connectivity index is 2.41. The number of rotatable bonds is 6. The summed E-state index contributed by atoms with van der Waals surface area (Å²) in [4.78, 5) is 11.3. The molecule has 0 radical (unpaired) electrons. The zero-order valence-corrected chi connectivity index (χ0v) is 10.5. The largest absolute Gasteiger partial charge is 0.460 e. The lowest BCUT2D eigenvalue weighted by atomic mass is 10.2. The molecule has 96 valence electrons. The van der Waals surface area contributed by atoms with Crippen LogP contribution in [0, 0.1) is 11.3 Å². The van der Waals surface area contributed by atoms with Crippen LogP contribution in [0.4, 0.5) is 0 Å². The van der Waals surface area contributed by atoms with Crippen molar-refractivity contribution in [2.75, 3.05) is 11.5 Å². The average molecular weight is 267 g/mol. The van der Waals surface area contributed by atoms with E-state index in [1.807, 2.05) is 6.07 Å². The van der Waals surface area contributed by atoms with Gasteiger partial charge < -0.3 is 4.74 Å². The molecule has 0 aromatic heterocycles. The van der Waals surface area contributed by atoms with E-state index < -0.39 is 21.6 Å². The maximum Gasteiger partial charge on any atom is 0.321 e. The van der Waals surface area contributed by atoms with Crippen molar-refractivity contribution in [1.29, 1.82) is 5.26 Å². The van der Waals surface area contributed by atoms with Gasteiger partial charge in [-0.1, -0.05) is 30.3 Å². The lowest BCUT2D eigenvalue weighted by Gasteiger charge is -2.05. The zero-order chi connectivity index (χ0) is 13.4. The second kappa shape index (κ2) is 6.77. The van der Waals surface area contributed by atoms with Gasteiger partial charge in [-0.3, -0.25) is 4.79 Å². The first-order valence-corrected chi connectivity index (χ1v) is 7.12. The molecular weight excluding hydrogens is 254 g/mol. The summed E-state index contributed by atoms with van der Waals surface area (Å²) in [6, 6.07) is 10.7. The number of benzene rings is 1. The summed E-state index contributed by atoms with van der Waals surface area (Å²) in [5, 5.41) is 8.29. The molecule has 1 aromatic carbocycles. The second-order valence-electron chi connectivity index (χ2n) is 3.65. The van der Waals surface area contributed by atoms with E-state index in [4.69, 9.17) is 10.00 Å². The summed E-state index contributed by atoms with van der Waals surface area (Å²) in [5.41, 5.74) is 0.792. The van der Waals surface area contributed by atoms with Gasteiger partial charge in [0.15, 0.2) is 9.84 Å². The Morgan fingerprint density at radius 3 is 2.56 bits per heavy atom. The minimum absolute atomic E-state index is 0.0491. The number of nitrogens with zero attached hydrogens (tertiary/aromatic N) is 1. The maximum absolute atomic E-state index is 11.4. The topological polar surface area (TPSA) is 84.2 Å². The summed E-state index contributed by atoms with van der Waals surface area (Å²) in [5.74, 6) is -1.79. The van der Waals surface area contributed by atoms with Crippen LogP contribution in [0.15, 0.2) is 30.3 Å². The molecule has 0 aliphatic rings. The molecule has 0 spiro atoms. The number of carbonyl (C=O) groups is 1. The van der Waals surface area contributed by atoms with E-state index in [1.54, 1.807) is 30.3 Å². The fourth-order valence-electron chi connectivity index (χ4n) is 1.23. The number of nitriles is 1. The summed E-state index contributed by atoms with van der Waals surface area (Å²) in [6.07, 6.45) is -0.117. The molecule has 1 aromatic rings. The molecule has 0 saturated carbocycles. The van der Waals surface area contributed by atoms with Crippen LogP contribution in [-0.4, -0.2) is 25.9 Å². The highest BCUT2D eigenvalue weighted by Gasteiger charge is 2.17. The van der Waals surface area contributed by atoms with E-state index in [1.165, 1.54) is 0 Å². The second-order valence-corrected chi connectivity index (χ2v) is 5.83. The van der Waals surface area contributed by atoms with Crippen LogP contribution >= 0.6 is 0 Å². The van der Waals surface area contributed by atoms with Crippen LogP contribution < -0.4 is 0 Å². The summed E-state index contributed by atoms with van der Waals surface area (Å²) in [7, 11) is -3.54. The Hall–Kier alpha value is -1.87. The maximum atomic E-state index is 11.4. The molecule has 0 bridgehead atoms. The van der Waals surface area contributed by atoms with Crippen molar-refractivity contribution in [3.63, 3.8) is 0 Å². The van der Waals surface area contributed by atoms with Crippen molar-refractivity contribution in [1.82, 2.24) is 0 Å². The van der Waals surface area contributed by atoms with Gasteiger partial charge in [-0.2, -0.15) is 5.26 Å². The van der Waals surface area contributed by atoms with Gasteiger partial charge in [0, 0.05) is 6.42 Å². The van der Waals surface area contributed by atoms with E-state index in [0.717, 1.165) is 5.56 Å². The van der Waals surface area contributed by atoms with Gasteiger partial charge in [0.05, 0.1) is 11.8 Å². The highest BCUT2D eigenvalue weighted by atomic mass is 32.2. The molecule has 5 nitrogen and oxygen atoms in total. The van der Waals surface area contributed by atoms with Crippen LogP contribution in [0.5, 0.6) is 0 Å². The molecule has 18 heavy (non-hydrogen) atoms. The molecule has 0 amide bonds. The standard InChI is InChI=1S/C12H13NO4S/c13-7-4-8-18(15,16)10-12(14)17-9-11-5-2-1-3-6-11/h1-3,5-6H,4,8-10H2. The Kier molecular flexibility index (Phi) is 5.33. The smallest absolute Gasteiger partial charge is 0.321 e. The van der Waals surface area contributed by atoms with Gasteiger partial charge >= 0.3 is 5.97 Å². The number of hydrogen-bond acceptors (Lipinski definition) is 5. The normalized spacial score (nSPS) is 10.6. The third kappa shape index (κ3) is 5.46. The highest BCUT2D eigenvalue weighted by Crippen LogP contribution is 2.02. The predicted molar refractivity (Wildman–Crippen MR) is 65.1 cm³/mol. The van der Waals surface area contributed by atoms with Crippen molar-refractivity contribution in [3.05, 3.63) is 35.9 Å². The van der Waals surface area contributed by atoms with E-state index in [-0.39, 0.29) is 18.8 Å². The molecule has 0 heterocycles. The number of hydrogen-bond donors (Lipinski definition) is 0. The van der Waals surface area contributed by atoms with Crippen LogP contribution in [0.3, 0.4) is 0 Å². The van der Waals surface area contributed by atoms with E-state index in [2.05, 4.69) is 0 Å². The monoisotopic (exact) mass is 267 g/mol. The molecule has 0 atom stereocenters. The Labute approximate surface area is 106 Å². The first-order chi connectivity index (χ1) is 8.53. The molecule has 0 fully saturated rings. The molecule has 1 rings (SSSR count). The Bertz CT molecular complexity index is 531. The average Bonchev–Trinajstić information content (AvgIpc) is 2.35. The van der Waals surface area contributed by atoms with Crippen molar-refractivity contribution < 1.29 is 17.9 Å². The number of ether oxygens (including phenoxy) is 1. The van der Waals surface area contributed by atoms with Crippen molar-refractivity contribution >= 4 is 15.8 Å². The lowest BCUT2D eigenvalue weighted by Crippen LogP contribution is -2.20. The van der Waals surface area contributed by atoms with Crippen molar-refractivity contribution in [2.45, 2.75) is 13.0 Å². The Morgan fingerprint density at radius 2 is 1.94 bits per heavy atom. The quantitative estimate of drug-likeness (QED) is 0.719. The molecular formula is C12H13NO4S. The third-order valence-corrected chi connectivity index (χ3v) is 3.61. The fraction of sp³-hybridized carbons (Fsp3) is 0.333. The van der Waals surface area contributed by atoms with Gasteiger partial charge in [0.2, 0.25) is 0 Å². The fourth-order valence-corrected chi connectivity index (χ4v) is 2.22. The first-order valence-electron chi connectivity index (χ1n) is 5.30. The number of esters is 1. The molecule has 6 heteroatoms. The molecule has 0 N–H and O–H groups in total. The summed E-state index contributed by atoms with van der Waals surface area (Å²) >= 11 is 0. The number of sulfone groups is 1. The molecule has 0 aliphatic heterocycles. The molecule has 0 unspecified atom stereocenters. The predicted octanol–water partition coefficient (Wildman–Crippen LogP) is 1.06.